The summed E-state index contributed by atoms with van der Waals surface area (Å²) in [6, 6.07) is 0. The van der Waals surface area contributed by atoms with Crippen LogP contribution in [0.15, 0.2) is 22.0 Å². The van der Waals surface area contributed by atoms with Crippen LogP contribution in [0, 0.1) is 0 Å². The molecular weight excluding hydrogens is 258 g/mol. The van der Waals surface area contributed by atoms with Gasteiger partial charge in [-0.25, -0.2) is 15.0 Å². The minimum Gasteiger partial charge on any atom is -0.490 e. The molecule has 0 fully saturated rings. The maximum atomic E-state index is 5.33. The van der Waals surface area contributed by atoms with Gasteiger partial charge in [-0.2, -0.15) is 4.37 Å². The van der Waals surface area contributed by atoms with Crippen LogP contribution in [-0.2, 0) is 0 Å². The lowest BCUT2D eigenvalue weighted by Crippen LogP contribution is -2.03. The van der Waals surface area contributed by atoms with Crippen LogP contribution in [0.2, 0.25) is 0 Å². The fourth-order valence-electron chi connectivity index (χ4n) is 1.20. The van der Waals surface area contributed by atoms with E-state index in [0.29, 0.717) is 11.6 Å². The van der Waals surface area contributed by atoms with Gasteiger partial charge >= 0.3 is 0 Å². The van der Waals surface area contributed by atoms with E-state index in [9.17, 15) is 0 Å². The largest absolute Gasteiger partial charge is 0.490 e. The molecule has 2 aromatic heterocycles. The summed E-state index contributed by atoms with van der Waals surface area (Å²) in [6.45, 7) is 2.77. The Labute approximate surface area is 107 Å². The summed E-state index contributed by atoms with van der Waals surface area (Å²) in [5.41, 5.74) is 0. The van der Waals surface area contributed by atoms with E-state index in [1.807, 2.05) is 6.92 Å². The maximum Gasteiger partial charge on any atom is 0.194 e. The number of nitrogens with one attached hydrogen (secondary N) is 1. The molecule has 2 heterocycles. The van der Waals surface area contributed by atoms with Gasteiger partial charge in [0.05, 0.1) is 7.11 Å². The maximum absolute atomic E-state index is 5.33. The molecule has 0 bridgehead atoms. The smallest absolute Gasteiger partial charge is 0.194 e. The van der Waals surface area contributed by atoms with Crippen LogP contribution in [0.3, 0.4) is 0 Å². The van der Waals surface area contributed by atoms with E-state index in [-0.39, 0.29) is 0 Å². The van der Waals surface area contributed by atoms with E-state index >= 15 is 0 Å². The molecule has 0 saturated heterocycles. The number of nitrogens with zero attached hydrogens (tertiary/aromatic N) is 4. The van der Waals surface area contributed by atoms with Gasteiger partial charge in [-0.3, -0.25) is 0 Å². The highest BCUT2D eigenvalue weighted by atomic mass is 32.2. The molecule has 2 rings (SSSR count). The molecule has 1 N–H and O–H groups in total. The van der Waals surface area contributed by atoms with Crippen molar-refractivity contribution in [2.24, 2.45) is 0 Å². The van der Waals surface area contributed by atoms with Gasteiger partial charge in [0.25, 0.3) is 0 Å². The number of hydrogen-bond donors (Lipinski definition) is 1. The first-order chi connectivity index (χ1) is 8.35. The molecule has 0 aliphatic rings. The molecule has 0 saturated carbocycles. The predicted octanol–water partition coefficient (Wildman–Crippen LogP) is 1.92. The van der Waals surface area contributed by atoms with Gasteiger partial charge in [-0.15, -0.1) is 0 Å². The van der Waals surface area contributed by atoms with E-state index in [2.05, 4.69) is 24.6 Å². The lowest BCUT2D eigenvalue weighted by molar-refractivity contribution is 0.400. The molecular formula is C9H11N5OS2. The Balaban J connectivity index is 2.29. The molecule has 0 unspecified atom stereocenters. The van der Waals surface area contributed by atoms with Crippen LogP contribution in [0.5, 0.6) is 5.75 Å². The van der Waals surface area contributed by atoms with E-state index in [0.717, 1.165) is 15.9 Å². The summed E-state index contributed by atoms with van der Waals surface area (Å²) >= 11 is 2.74. The Morgan fingerprint density at radius 3 is 2.88 bits per heavy atom. The first-order valence-corrected chi connectivity index (χ1v) is 6.51. The quantitative estimate of drug-likeness (QED) is 0.831. The lowest BCUT2D eigenvalue weighted by atomic mass is 10.5. The summed E-state index contributed by atoms with van der Waals surface area (Å²) in [4.78, 5) is 12.4. The van der Waals surface area contributed by atoms with Crippen LogP contribution in [0.1, 0.15) is 6.92 Å². The van der Waals surface area contributed by atoms with Gasteiger partial charge < -0.3 is 10.1 Å². The molecule has 2 aromatic rings. The van der Waals surface area contributed by atoms with Crippen molar-refractivity contribution in [3.8, 4) is 5.75 Å². The Morgan fingerprint density at radius 1 is 1.35 bits per heavy atom. The predicted molar refractivity (Wildman–Crippen MR) is 66.8 cm³/mol. The zero-order chi connectivity index (χ0) is 12.1. The highest BCUT2D eigenvalue weighted by Crippen LogP contribution is 2.36. The number of hydrogen-bond acceptors (Lipinski definition) is 8. The van der Waals surface area contributed by atoms with Crippen LogP contribution in [-0.4, -0.2) is 33.0 Å². The highest BCUT2D eigenvalue weighted by molar-refractivity contribution is 8.01. The third kappa shape index (κ3) is 2.83. The molecule has 0 amide bonds. The molecule has 0 aliphatic carbocycles. The first-order valence-electron chi connectivity index (χ1n) is 4.92. The van der Waals surface area contributed by atoms with Crippen molar-refractivity contribution < 1.29 is 4.74 Å². The van der Waals surface area contributed by atoms with E-state index in [1.165, 1.54) is 35.9 Å². The van der Waals surface area contributed by atoms with Crippen molar-refractivity contribution >= 4 is 29.1 Å². The molecule has 0 aliphatic heterocycles. The Hall–Kier alpha value is -1.41. The van der Waals surface area contributed by atoms with Crippen LogP contribution < -0.4 is 10.1 Å². The van der Waals surface area contributed by atoms with Gasteiger partial charge in [0, 0.05) is 6.54 Å². The van der Waals surface area contributed by atoms with Crippen molar-refractivity contribution in [2.75, 3.05) is 19.0 Å². The number of aromatic nitrogens is 4. The minimum absolute atomic E-state index is 0.634. The molecule has 17 heavy (non-hydrogen) atoms. The standard InChI is InChI=1S/C9H11N5OS2/c1-3-10-7-6(15-2)8(12-4-11-7)16-9-13-5-14-17-9/h4-5H,3H2,1-2H3,(H,10,11,12). The zero-order valence-electron chi connectivity index (χ0n) is 9.38. The second kappa shape index (κ2) is 5.78. The number of methoxy groups -OCH3 is 1. The molecule has 0 spiro atoms. The minimum atomic E-state index is 0.634. The van der Waals surface area contributed by atoms with Crippen LogP contribution in [0.25, 0.3) is 0 Å². The van der Waals surface area contributed by atoms with Gasteiger partial charge in [0.1, 0.15) is 12.7 Å². The van der Waals surface area contributed by atoms with Gasteiger partial charge in [-0.1, -0.05) is 0 Å². The van der Waals surface area contributed by atoms with Crippen molar-refractivity contribution in [1.82, 2.24) is 19.3 Å². The Morgan fingerprint density at radius 2 is 2.24 bits per heavy atom. The number of ether oxygens (including phenoxy) is 1. The SMILES string of the molecule is CCNc1ncnc(Sc2ncns2)c1OC. The van der Waals surface area contributed by atoms with E-state index < -0.39 is 0 Å². The summed E-state index contributed by atoms with van der Waals surface area (Å²) in [5.74, 6) is 1.33. The average molecular weight is 269 g/mol. The molecule has 0 atom stereocenters. The number of rotatable bonds is 5. The fourth-order valence-corrected chi connectivity index (χ4v) is 2.63. The molecule has 0 aromatic carbocycles. The Bertz CT molecular complexity index is 476. The number of anilines is 1. The zero-order valence-corrected chi connectivity index (χ0v) is 11.0. The summed E-state index contributed by atoms with van der Waals surface area (Å²) in [7, 11) is 1.60. The molecule has 8 heteroatoms. The van der Waals surface area contributed by atoms with Crippen molar-refractivity contribution in [3.63, 3.8) is 0 Å². The monoisotopic (exact) mass is 269 g/mol. The summed E-state index contributed by atoms with van der Waals surface area (Å²) in [6.07, 6.45) is 3.02. The third-order valence-electron chi connectivity index (χ3n) is 1.84. The van der Waals surface area contributed by atoms with Gasteiger partial charge in [0.15, 0.2) is 20.9 Å². The highest BCUT2D eigenvalue weighted by Gasteiger charge is 2.14. The van der Waals surface area contributed by atoms with E-state index in [4.69, 9.17) is 4.74 Å². The van der Waals surface area contributed by atoms with Crippen molar-refractivity contribution in [3.05, 3.63) is 12.7 Å². The van der Waals surface area contributed by atoms with Crippen molar-refractivity contribution in [1.29, 1.82) is 0 Å². The fraction of sp³-hybridized carbons (Fsp3) is 0.333. The molecule has 6 nitrogen and oxygen atoms in total. The van der Waals surface area contributed by atoms with Gasteiger partial charge in [0.2, 0.25) is 0 Å². The average Bonchev–Trinajstić information content (AvgIpc) is 2.83. The Kier molecular flexibility index (Phi) is 4.10. The van der Waals surface area contributed by atoms with Crippen LogP contribution in [0.4, 0.5) is 5.82 Å². The normalized spacial score (nSPS) is 10.2. The second-order valence-corrected chi connectivity index (χ2v) is 4.92. The van der Waals surface area contributed by atoms with Crippen molar-refractivity contribution in [2.45, 2.75) is 16.3 Å². The lowest BCUT2D eigenvalue weighted by Gasteiger charge is -2.10. The first kappa shape index (κ1) is 12.1. The summed E-state index contributed by atoms with van der Waals surface area (Å²) < 4.78 is 10.1. The summed E-state index contributed by atoms with van der Waals surface area (Å²) in [5, 5.41) is 3.86. The van der Waals surface area contributed by atoms with E-state index in [1.54, 1.807) is 7.11 Å². The molecule has 0 radical (unpaired) electrons. The topological polar surface area (TPSA) is 72.8 Å². The van der Waals surface area contributed by atoms with Crippen LogP contribution >= 0.6 is 23.3 Å². The van der Waals surface area contributed by atoms with Gasteiger partial charge in [-0.05, 0) is 30.2 Å². The second-order valence-electron chi connectivity index (χ2n) is 2.90. The third-order valence-corrected chi connectivity index (χ3v) is 3.54. The molecule has 90 valence electrons.